The van der Waals surface area contributed by atoms with E-state index in [-0.39, 0.29) is 30.4 Å². The van der Waals surface area contributed by atoms with Gasteiger partial charge in [-0.15, -0.1) is 0 Å². The maximum Gasteiger partial charge on any atom is 0.385 e. The average molecular weight is 513 g/mol. The van der Waals surface area contributed by atoms with Crippen LogP contribution >= 0.6 is 31.9 Å². The van der Waals surface area contributed by atoms with Crippen LogP contribution < -0.4 is 15.1 Å². The maximum absolute atomic E-state index is 12.0. The molecular weight excluding hydrogens is 496 g/mol. The lowest BCUT2D eigenvalue weighted by Crippen LogP contribution is -2.27. The molecule has 146 valence electrons. The summed E-state index contributed by atoms with van der Waals surface area (Å²) < 4.78 is 11.5. The number of aromatic hydroxyl groups is 1. The fraction of sp³-hybridized carbons (Fsp3) is 0.222. The summed E-state index contributed by atoms with van der Waals surface area (Å²) in [6.07, 6.45) is 1.42. The second kappa shape index (κ2) is 10.2. The molecule has 0 saturated heterocycles. The van der Waals surface area contributed by atoms with Gasteiger partial charge in [0.15, 0.2) is 17.9 Å². The minimum atomic E-state index is -0.500. The van der Waals surface area contributed by atoms with Crippen LogP contribution in [0.2, 0.25) is 0 Å². The molecule has 0 bridgehead atoms. The van der Waals surface area contributed by atoms with Crippen molar-refractivity contribution < 1.29 is 24.4 Å². The van der Waals surface area contributed by atoms with Crippen molar-refractivity contribution in [3.8, 4) is 17.7 Å². The molecule has 2 rings (SSSR count). The Morgan fingerprint density at radius 3 is 2.68 bits per heavy atom. The lowest BCUT2D eigenvalue weighted by molar-refractivity contribution is -0.403. The summed E-state index contributed by atoms with van der Waals surface area (Å²) in [5.41, 5.74) is 4.70. The van der Waals surface area contributed by atoms with Crippen LogP contribution in [0.3, 0.4) is 0 Å². The van der Waals surface area contributed by atoms with Gasteiger partial charge in [-0.2, -0.15) is 15.3 Å². The van der Waals surface area contributed by atoms with Crippen LogP contribution in [0.5, 0.6) is 11.6 Å². The molecule has 2 aromatic rings. The van der Waals surface area contributed by atoms with Crippen LogP contribution in [0.25, 0.3) is 0 Å². The predicted octanol–water partition coefficient (Wildman–Crippen LogP) is 2.59. The quantitative estimate of drug-likeness (QED) is 0.436. The molecule has 3 N–H and O–H groups in total. The van der Waals surface area contributed by atoms with Crippen LogP contribution in [-0.2, 0) is 16.1 Å². The highest BCUT2D eigenvalue weighted by atomic mass is 79.9. The Morgan fingerprint density at radius 2 is 2.07 bits per heavy atom. The fourth-order valence-electron chi connectivity index (χ4n) is 2.27. The van der Waals surface area contributed by atoms with E-state index in [9.17, 15) is 15.2 Å². The van der Waals surface area contributed by atoms with Crippen molar-refractivity contribution in [2.24, 2.45) is 5.10 Å². The average Bonchev–Trinajstić information content (AvgIpc) is 2.64. The van der Waals surface area contributed by atoms with Crippen LogP contribution in [0.1, 0.15) is 22.4 Å². The minimum absolute atomic E-state index is 0.0742. The van der Waals surface area contributed by atoms with Crippen molar-refractivity contribution in [3.05, 3.63) is 49.5 Å². The van der Waals surface area contributed by atoms with Crippen molar-refractivity contribution in [3.63, 3.8) is 0 Å². The Hall–Kier alpha value is -2.48. The van der Waals surface area contributed by atoms with E-state index in [2.05, 4.69) is 53.4 Å². The van der Waals surface area contributed by atoms with Gasteiger partial charge in [0.25, 0.3) is 5.91 Å². The van der Waals surface area contributed by atoms with Crippen molar-refractivity contribution in [1.82, 2.24) is 5.43 Å². The van der Waals surface area contributed by atoms with Crippen LogP contribution in [0, 0.1) is 18.3 Å². The summed E-state index contributed by atoms with van der Waals surface area (Å²) >= 11 is 6.43. The van der Waals surface area contributed by atoms with Crippen LogP contribution in [0.15, 0.2) is 32.2 Å². The number of rotatable bonds is 7. The molecular formula is C18H17Br2N4O4+. The Morgan fingerprint density at radius 1 is 1.39 bits per heavy atom. The number of nitrogens with zero attached hydrogens (tertiary/aromatic N) is 2. The van der Waals surface area contributed by atoms with Gasteiger partial charge in [0.1, 0.15) is 11.8 Å². The lowest BCUT2D eigenvalue weighted by Gasteiger charge is -2.06. The molecule has 0 saturated carbocycles. The molecule has 8 nitrogen and oxygen atoms in total. The van der Waals surface area contributed by atoms with Crippen LogP contribution in [0.4, 0.5) is 0 Å². The number of H-pyrrole nitrogens is 1. The molecule has 10 heteroatoms. The Labute approximate surface area is 178 Å². The monoisotopic (exact) mass is 511 g/mol. The van der Waals surface area contributed by atoms with Crippen molar-refractivity contribution in [2.45, 2.75) is 13.5 Å². The number of amides is 1. The van der Waals surface area contributed by atoms with E-state index in [0.717, 1.165) is 5.69 Å². The number of ether oxygens (including phenoxy) is 2. The highest BCUT2D eigenvalue weighted by Gasteiger charge is 2.19. The van der Waals surface area contributed by atoms with E-state index >= 15 is 0 Å². The van der Waals surface area contributed by atoms with Gasteiger partial charge in [-0.3, -0.25) is 4.79 Å². The summed E-state index contributed by atoms with van der Waals surface area (Å²) in [7, 11) is 1.53. The number of hydrazone groups is 1. The molecule has 0 fully saturated rings. The number of carbonyl (C=O) groups excluding carboxylic acids is 1. The zero-order chi connectivity index (χ0) is 20.7. The number of phenolic OH excluding ortho intramolecular Hbond substituents is 1. The largest absolute Gasteiger partial charge is 0.506 e. The molecule has 0 unspecified atom stereocenters. The number of nitriles is 1. The van der Waals surface area contributed by atoms with Gasteiger partial charge in [-0.05, 0) is 49.6 Å². The molecule has 0 atom stereocenters. The summed E-state index contributed by atoms with van der Waals surface area (Å²) in [5, 5.41) is 22.9. The molecule has 0 aliphatic heterocycles. The van der Waals surface area contributed by atoms with Gasteiger partial charge in [-0.25, -0.2) is 5.43 Å². The summed E-state index contributed by atoms with van der Waals surface area (Å²) in [5.74, 6) is -0.231. The van der Waals surface area contributed by atoms with E-state index in [4.69, 9.17) is 9.47 Å². The second-order valence-electron chi connectivity index (χ2n) is 5.64. The van der Waals surface area contributed by atoms with Gasteiger partial charge in [0.05, 0.1) is 21.8 Å². The van der Waals surface area contributed by atoms with Gasteiger partial charge in [0, 0.05) is 25.7 Å². The first-order valence-electron chi connectivity index (χ1n) is 7.93. The molecule has 1 heterocycles. The number of carbonyl (C=O) groups is 1. The number of halogens is 2. The molecule has 28 heavy (non-hydrogen) atoms. The Balaban J connectivity index is 2.00. The molecule has 1 aromatic heterocycles. The number of hydrogen-bond donors (Lipinski definition) is 2. The fourth-order valence-corrected chi connectivity index (χ4v) is 3.49. The van der Waals surface area contributed by atoms with E-state index < -0.39 is 5.91 Å². The minimum Gasteiger partial charge on any atom is -0.506 e. The predicted molar refractivity (Wildman–Crippen MR) is 108 cm³/mol. The second-order valence-corrected chi connectivity index (χ2v) is 7.35. The highest BCUT2D eigenvalue weighted by molar-refractivity contribution is 9.11. The zero-order valence-electron chi connectivity index (χ0n) is 15.0. The maximum atomic E-state index is 12.0. The number of methoxy groups -OCH3 is 1. The third kappa shape index (κ3) is 5.76. The van der Waals surface area contributed by atoms with Crippen LogP contribution in [-0.4, -0.2) is 30.9 Å². The molecule has 0 aliphatic rings. The number of benzene rings is 1. The van der Waals surface area contributed by atoms with Gasteiger partial charge < -0.3 is 14.6 Å². The Bertz CT molecular complexity index is 934. The normalized spacial score (nSPS) is 10.7. The summed E-state index contributed by atoms with van der Waals surface area (Å²) in [6.45, 7) is 1.73. The van der Waals surface area contributed by atoms with E-state index in [1.165, 1.54) is 13.3 Å². The number of aryl methyl sites for hydroxylation is 1. The molecule has 0 aliphatic carbocycles. The highest BCUT2D eigenvalue weighted by Crippen LogP contribution is 2.32. The number of hydrogen-bond acceptors (Lipinski definition) is 6. The molecule has 1 aromatic carbocycles. The summed E-state index contributed by atoms with van der Waals surface area (Å²) in [4.78, 5) is 14.9. The number of aromatic amines is 1. The smallest absolute Gasteiger partial charge is 0.385 e. The number of aromatic nitrogens is 1. The zero-order valence-corrected chi connectivity index (χ0v) is 18.2. The van der Waals surface area contributed by atoms with Gasteiger partial charge >= 0.3 is 5.88 Å². The Kier molecular flexibility index (Phi) is 7.92. The van der Waals surface area contributed by atoms with E-state index in [1.807, 2.05) is 6.92 Å². The number of phenols is 1. The SMILES string of the molecule is COCc1cc(C)[nH+]c(OCC(=O)NN=Cc2cc(Br)c(O)c(Br)c2)c1C#N. The number of nitrogens with one attached hydrogen (secondary N) is 2. The van der Waals surface area contributed by atoms with E-state index in [0.29, 0.717) is 20.1 Å². The van der Waals surface area contributed by atoms with Crippen molar-refractivity contribution in [2.75, 3.05) is 13.7 Å². The van der Waals surface area contributed by atoms with Crippen molar-refractivity contribution in [1.29, 1.82) is 5.26 Å². The molecule has 0 radical (unpaired) electrons. The third-order valence-electron chi connectivity index (χ3n) is 3.45. The molecule has 1 amide bonds. The first kappa shape index (κ1) is 21.8. The first-order chi connectivity index (χ1) is 13.3. The lowest BCUT2D eigenvalue weighted by atomic mass is 10.1. The van der Waals surface area contributed by atoms with Crippen molar-refractivity contribution >= 4 is 44.0 Å². The standard InChI is InChI=1S/C18H16Br2N4O4/c1-10-3-12(8-27-2)13(6-21)18(23-10)28-9-16(25)24-22-7-11-4-14(19)17(26)15(20)5-11/h3-5,7,26H,8-9H2,1-2H3,(H,24,25)/p+1. The topological polar surface area (TPSA) is 118 Å². The molecule has 0 spiro atoms. The first-order valence-corrected chi connectivity index (χ1v) is 9.51. The van der Waals surface area contributed by atoms with Gasteiger partial charge in [0.2, 0.25) is 0 Å². The number of pyridine rings is 1. The van der Waals surface area contributed by atoms with E-state index in [1.54, 1.807) is 18.2 Å². The van der Waals surface area contributed by atoms with Gasteiger partial charge in [-0.1, -0.05) is 0 Å². The third-order valence-corrected chi connectivity index (χ3v) is 4.66. The summed E-state index contributed by atoms with van der Waals surface area (Å²) in [6, 6.07) is 7.12.